The van der Waals surface area contributed by atoms with E-state index in [1.165, 1.54) is 11.8 Å². The molecule has 1 atom stereocenters. The van der Waals surface area contributed by atoms with Crippen LogP contribution in [0.5, 0.6) is 0 Å². The summed E-state index contributed by atoms with van der Waals surface area (Å²) in [7, 11) is 0. The molecule has 0 amide bonds. The third kappa shape index (κ3) is 2.57. The van der Waals surface area contributed by atoms with Gasteiger partial charge in [-0.15, -0.1) is 0 Å². The van der Waals surface area contributed by atoms with Crippen LogP contribution in [0.3, 0.4) is 0 Å². The van der Waals surface area contributed by atoms with Crippen molar-refractivity contribution in [2.45, 2.75) is 37.1 Å². The maximum Gasteiger partial charge on any atom is 0.344 e. The van der Waals surface area contributed by atoms with Gasteiger partial charge in [-0.2, -0.15) is 0 Å². The molecule has 1 unspecified atom stereocenters. The molecule has 142 valence electrons. The zero-order valence-electron chi connectivity index (χ0n) is 15.1. The van der Waals surface area contributed by atoms with Gasteiger partial charge < -0.3 is 14.2 Å². The Kier molecular flexibility index (Phi) is 4.46. The third-order valence-electron chi connectivity index (χ3n) is 5.07. The fraction of sp³-hybridized carbons (Fsp3) is 0.421. The number of carbonyl (C=O) groups is 2. The first-order valence-corrected chi connectivity index (χ1v) is 9.86. The van der Waals surface area contributed by atoms with Crippen molar-refractivity contribution in [2.24, 2.45) is 0 Å². The Balaban J connectivity index is 2.08. The number of fused-ring (bicyclic) bond motifs is 3. The molecule has 0 saturated carbocycles. The number of pyridine rings is 1. The summed E-state index contributed by atoms with van der Waals surface area (Å²) in [6, 6.07) is 1.16. The molecule has 0 spiro atoms. The SMILES string of the molecule is CCOC(=O)c1c2n(c3c(C=O)c(N4CCCC4)c(F)cc3c1=O)C(C)S2. The first-order valence-electron chi connectivity index (χ1n) is 8.98. The number of halogens is 1. The minimum atomic E-state index is -0.718. The van der Waals surface area contributed by atoms with Crippen molar-refractivity contribution in [3.8, 4) is 0 Å². The lowest BCUT2D eigenvalue weighted by molar-refractivity contribution is 0.0518. The largest absolute Gasteiger partial charge is 0.462 e. The molecule has 1 fully saturated rings. The number of thioether (sulfide) groups is 1. The van der Waals surface area contributed by atoms with Crippen LogP contribution >= 0.6 is 11.8 Å². The Bertz CT molecular complexity index is 1030. The predicted molar refractivity (Wildman–Crippen MR) is 102 cm³/mol. The number of anilines is 1. The van der Waals surface area contributed by atoms with Gasteiger partial charge in [0.2, 0.25) is 5.43 Å². The maximum absolute atomic E-state index is 15.0. The van der Waals surface area contributed by atoms with Crippen molar-refractivity contribution >= 4 is 40.6 Å². The summed E-state index contributed by atoms with van der Waals surface area (Å²) in [5, 5.41) is 0.434. The zero-order chi connectivity index (χ0) is 19.3. The quantitative estimate of drug-likeness (QED) is 0.589. The van der Waals surface area contributed by atoms with Crippen LogP contribution in [0.25, 0.3) is 10.9 Å². The van der Waals surface area contributed by atoms with Gasteiger partial charge in [0.25, 0.3) is 0 Å². The van der Waals surface area contributed by atoms with Crippen molar-refractivity contribution in [3.05, 3.63) is 33.2 Å². The molecule has 1 saturated heterocycles. The van der Waals surface area contributed by atoms with Gasteiger partial charge in [-0.25, -0.2) is 9.18 Å². The molecule has 2 aliphatic heterocycles. The Morgan fingerprint density at radius 3 is 2.70 bits per heavy atom. The Hall–Kier alpha value is -2.35. The maximum atomic E-state index is 15.0. The van der Waals surface area contributed by atoms with Crippen LogP contribution in [-0.4, -0.2) is 36.5 Å². The molecule has 2 aromatic rings. The average Bonchev–Trinajstić information content (AvgIpc) is 3.15. The lowest BCUT2D eigenvalue weighted by Gasteiger charge is -2.34. The van der Waals surface area contributed by atoms with Crippen LogP contribution in [0.2, 0.25) is 0 Å². The lowest BCUT2D eigenvalue weighted by atomic mass is 10.0. The molecule has 0 bridgehead atoms. The van der Waals surface area contributed by atoms with Crippen LogP contribution < -0.4 is 10.3 Å². The molecule has 8 heteroatoms. The summed E-state index contributed by atoms with van der Waals surface area (Å²) < 4.78 is 21.7. The Morgan fingerprint density at radius 1 is 1.41 bits per heavy atom. The van der Waals surface area contributed by atoms with Crippen molar-refractivity contribution in [1.82, 2.24) is 4.57 Å². The third-order valence-corrected chi connectivity index (χ3v) is 6.25. The van der Waals surface area contributed by atoms with Crippen molar-refractivity contribution in [3.63, 3.8) is 0 Å². The molecule has 3 heterocycles. The van der Waals surface area contributed by atoms with Gasteiger partial charge in [-0.1, -0.05) is 11.8 Å². The van der Waals surface area contributed by atoms with Gasteiger partial charge in [0.15, 0.2) is 6.29 Å². The highest BCUT2D eigenvalue weighted by atomic mass is 32.2. The second-order valence-electron chi connectivity index (χ2n) is 6.65. The van der Waals surface area contributed by atoms with Gasteiger partial charge in [0.1, 0.15) is 11.4 Å². The van der Waals surface area contributed by atoms with Gasteiger partial charge in [0.05, 0.1) is 39.2 Å². The highest BCUT2D eigenvalue weighted by Gasteiger charge is 2.36. The molecule has 1 aromatic heterocycles. The summed E-state index contributed by atoms with van der Waals surface area (Å²) in [5.74, 6) is -1.33. The summed E-state index contributed by atoms with van der Waals surface area (Å²) in [6.45, 7) is 5.05. The smallest absolute Gasteiger partial charge is 0.344 e. The minimum Gasteiger partial charge on any atom is -0.462 e. The molecule has 0 radical (unpaired) electrons. The van der Waals surface area contributed by atoms with Gasteiger partial charge in [-0.05, 0) is 32.8 Å². The molecule has 6 nitrogen and oxygen atoms in total. The predicted octanol–water partition coefficient (Wildman–Crippen LogP) is 3.35. The standard InChI is InChI=1S/C19H19FN2O4S/c1-3-26-19(25)14-17(24)11-8-13(20)16(21-6-4-5-7-21)12(9-23)15(11)22-10(2)27-18(14)22/h8-10H,3-7H2,1-2H3. The number of hydrogen-bond donors (Lipinski definition) is 0. The van der Waals surface area contributed by atoms with E-state index >= 15 is 0 Å². The number of benzene rings is 1. The molecule has 4 rings (SSSR count). The van der Waals surface area contributed by atoms with Crippen molar-refractivity contribution in [2.75, 3.05) is 24.6 Å². The van der Waals surface area contributed by atoms with E-state index < -0.39 is 17.2 Å². The number of nitrogens with zero attached hydrogens (tertiary/aromatic N) is 2. The average molecular weight is 390 g/mol. The molecule has 27 heavy (non-hydrogen) atoms. The second-order valence-corrected chi connectivity index (χ2v) is 7.95. The summed E-state index contributed by atoms with van der Waals surface area (Å²) in [6.07, 6.45) is 2.48. The number of ether oxygens (including phenoxy) is 1. The summed E-state index contributed by atoms with van der Waals surface area (Å²) in [5.41, 5.74) is 0.138. The molecule has 2 aliphatic rings. The van der Waals surface area contributed by atoms with E-state index in [1.807, 2.05) is 11.8 Å². The van der Waals surface area contributed by atoms with E-state index in [0.29, 0.717) is 29.9 Å². The Labute approximate surface area is 159 Å². The van der Waals surface area contributed by atoms with Crippen LogP contribution in [0.15, 0.2) is 15.9 Å². The van der Waals surface area contributed by atoms with E-state index in [4.69, 9.17) is 4.74 Å². The number of hydrogen-bond acceptors (Lipinski definition) is 6. The second kappa shape index (κ2) is 6.67. The van der Waals surface area contributed by atoms with Gasteiger partial charge in [0, 0.05) is 13.1 Å². The van der Waals surface area contributed by atoms with Crippen LogP contribution in [0.1, 0.15) is 52.8 Å². The van der Waals surface area contributed by atoms with Crippen LogP contribution in [0, 0.1) is 5.82 Å². The van der Waals surface area contributed by atoms with Gasteiger partial charge >= 0.3 is 5.97 Å². The van der Waals surface area contributed by atoms with E-state index in [2.05, 4.69) is 0 Å². The molecule has 1 aromatic carbocycles. The highest BCUT2D eigenvalue weighted by Crippen LogP contribution is 2.48. The van der Waals surface area contributed by atoms with E-state index in [1.54, 1.807) is 11.5 Å². The fourth-order valence-corrected chi connectivity index (χ4v) is 5.06. The fourth-order valence-electron chi connectivity index (χ4n) is 3.92. The van der Waals surface area contributed by atoms with E-state index in [9.17, 15) is 18.8 Å². The number of aromatic nitrogens is 1. The molecular weight excluding hydrogens is 371 g/mol. The first kappa shape index (κ1) is 18.0. The number of rotatable bonds is 4. The van der Waals surface area contributed by atoms with Crippen molar-refractivity contribution in [1.29, 1.82) is 0 Å². The topological polar surface area (TPSA) is 68.6 Å². The lowest BCUT2D eigenvalue weighted by Crippen LogP contribution is -2.30. The summed E-state index contributed by atoms with van der Waals surface area (Å²) in [4.78, 5) is 39.1. The molecule has 0 N–H and O–H groups in total. The molecule has 0 aliphatic carbocycles. The number of esters is 1. The zero-order valence-corrected chi connectivity index (χ0v) is 15.9. The summed E-state index contributed by atoms with van der Waals surface area (Å²) >= 11 is 1.36. The number of aldehydes is 1. The molecular formula is C19H19FN2O4S. The van der Waals surface area contributed by atoms with E-state index in [0.717, 1.165) is 18.9 Å². The first-order chi connectivity index (χ1) is 13.0. The number of carbonyl (C=O) groups excluding carboxylic acids is 2. The van der Waals surface area contributed by atoms with Crippen LogP contribution in [0.4, 0.5) is 10.1 Å². The van der Waals surface area contributed by atoms with Gasteiger partial charge in [-0.3, -0.25) is 9.59 Å². The highest BCUT2D eigenvalue weighted by molar-refractivity contribution is 8.00. The van der Waals surface area contributed by atoms with E-state index in [-0.39, 0.29) is 34.2 Å². The minimum absolute atomic E-state index is 0.0384. The van der Waals surface area contributed by atoms with Crippen molar-refractivity contribution < 1.29 is 18.7 Å². The normalized spacial score (nSPS) is 18.3. The monoisotopic (exact) mass is 390 g/mol. The van der Waals surface area contributed by atoms with Crippen LogP contribution in [-0.2, 0) is 4.74 Å². The Morgan fingerprint density at radius 2 is 2.11 bits per heavy atom.